The number of rotatable bonds is 4. The number of hydrogen-bond acceptors (Lipinski definition) is 2. The maximum Gasteiger partial charge on any atom is 0.0920 e. The maximum absolute atomic E-state index is 7.33. The maximum atomic E-state index is 7.33. The molecule has 0 aromatic heterocycles. The summed E-state index contributed by atoms with van der Waals surface area (Å²) in [5, 5.41) is 7.33. The van der Waals surface area contributed by atoms with Gasteiger partial charge in [-0.25, -0.2) is 0 Å². The van der Waals surface area contributed by atoms with Crippen LogP contribution in [0.15, 0.2) is 0 Å². The monoisotopic (exact) mass is 197 g/mol. The number of hydrogen-bond donors (Lipinski definition) is 2. The Kier molecular flexibility index (Phi) is 3.93. The summed E-state index contributed by atoms with van der Waals surface area (Å²) in [7, 11) is 0. The zero-order valence-corrected chi connectivity index (χ0v) is 9.59. The molecule has 1 rings (SSSR count). The van der Waals surface area contributed by atoms with E-state index in [-0.39, 0.29) is 0 Å². The predicted octanol–water partition coefficient (Wildman–Crippen LogP) is 1.96. The van der Waals surface area contributed by atoms with E-state index < -0.39 is 0 Å². The molecule has 3 heteroatoms. The van der Waals surface area contributed by atoms with Crippen molar-refractivity contribution >= 4 is 5.84 Å². The zero-order valence-electron chi connectivity index (χ0n) is 9.59. The minimum Gasteiger partial charge on any atom is -0.388 e. The molecule has 0 spiro atoms. The SMILES string of the molecule is CCC1CCC(C)N1C(C)CC(=N)N. The highest BCUT2D eigenvalue weighted by Crippen LogP contribution is 2.28. The standard InChI is InChI=1S/C11H23N3/c1-4-10-6-5-8(2)14(10)9(3)7-11(12)13/h8-10H,4-7H2,1-3H3,(H3,12,13). The van der Waals surface area contributed by atoms with E-state index in [4.69, 9.17) is 11.1 Å². The van der Waals surface area contributed by atoms with Crippen LogP contribution in [0, 0.1) is 5.41 Å². The van der Waals surface area contributed by atoms with E-state index in [2.05, 4.69) is 25.7 Å². The fourth-order valence-electron chi connectivity index (χ4n) is 2.72. The van der Waals surface area contributed by atoms with Crippen LogP contribution in [0.1, 0.15) is 46.5 Å². The van der Waals surface area contributed by atoms with Crippen molar-refractivity contribution in [2.24, 2.45) is 5.73 Å². The second kappa shape index (κ2) is 4.78. The number of likely N-dealkylation sites (tertiary alicyclic amines) is 1. The van der Waals surface area contributed by atoms with Gasteiger partial charge in [-0.05, 0) is 33.1 Å². The predicted molar refractivity (Wildman–Crippen MR) is 60.6 cm³/mol. The van der Waals surface area contributed by atoms with Crippen molar-refractivity contribution in [3.05, 3.63) is 0 Å². The summed E-state index contributed by atoms with van der Waals surface area (Å²) in [6.07, 6.45) is 4.52. The molecule has 0 radical (unpaired) electrons. The molecule has 3 nitrogen and oxygen atoms in total. The highest BCUT2D eigenvalue weighted by Gasteiger charge is 2.32. The molecule has 1 fully saturated rings. The van der Waals surface area contributed by atoms with Crippen LogP contribution in [0.3, 0.4) is 0 Å². The molecular weight excluding hydrogens is 174 g/mol. The molecule has 0 aromatic carbocycles. The third-order valence-electron chi connectivity index (χ3n) is 3.34. The van der Waals surface area contributed by atoms with Gasteiger partial charge in [-0.2, -0.15) is 0 Å². The van der Waals surface area contributed by atoms with E-state index in [1.54, 1.807) is 0 Å². The smallest absolute Gasteiger partial charge is 0.0920 e. The van der Waals surface area contributed by atoms with Crippen molar-refractivity contribution in [3.63, 3.8) is 0 Å². The molecule has 3 unspecified atom stereocenters. The summed E-state index contributed by atoms with van der Waals surface area (Å²) in [4.78, 5) is 2.54. The minimum absolute atomic E-state index is 0.312. The summed E-state index contributed by atoms with van der Waals surface area (Å²) in [5.41, 5.74) is 5.45. The molecule has 1 aliphatic heterocycles. The third-order valence-corrected chi connectivity index (χ3v) is 3.34. The second-order valence-corrected chi connectivity index (χ2v) is 4.51. The Balaban J connectivity index is 2.58. The Morgan fingerprint density at radius 2 is 2.21 bits per heavy atom. The normalized spacial score (nSPS) is 30.5. The van der Waals surface area contributed by atoms with Crippen molar-refractivity contribution < 1.29 is 0 Å². The van der Waals surface area contributed by atoms with E-state index in [1.165, 1.54) is 19.3 Å². The lowest BCUT2D eigenvalue weighted by atomic mass is 10.1. The fourth-order valence-corrected chi connectivity index (χ4v) is 2.72. The fraction of sp³-hybridized carbons (Fsp3) is 0.909. The largest absolute Gasteiger partial charge is 0.388 e. The third kappa shape index (κ3) is 2.47. The van der Waals surface area contributed by atoms with Crippen LogP contribution in [-0.2, 0) is 0 Å². The van der Waals surface area contributed by atoms with Crippen LogP contribution < -0.4 is 5.73 Å². The number of nitrogens with two attached hydrogens (primary N) is 1. The van der Waals surface area contributed by atoms with Gasteiger partial charge in [-0.15, -0.1) is 0 Å². The average molecular weight is 197 g/mol. The highest BCUT2D eigenvalue weighted by molar-refractivity contribution is 5.77. The summed E-state index contributed by atoms with van der Waals surface area (Å²) in [6.45, 7) is 6.72. The van der Waals surface area contributed by atoms with E-state index in [1.807, 2.05) is 0 Å². The van der Waals surface area contributed by atoms with Gasteiger partial charge in [-0.1, -0.05) is 6.92 Å². The summed E-state index contributed by atoms with van der Waals surface area (Å²) < 4.78 is 0. The molecule has 0 amide bonds. The molecule has 0 aromatic rings. The quantitative estimate of drug-likeness (QED) is 0.535. The molecule has 14 heavy (non-hydrogen) atoms. The lowest BCUT2D eigenvalue weighted by Crippen LogP contribution is -2.43. The minimum atomic E-state index is 0.312. The molecule has 1 aliphatic rings. The summed E-state index contributed by atoms with van der Waals surface area (Å²) >= 11 is 0. The van der Waals surface area contributed by atoms with E-state index in [0.717, 1.165) is 0 Å². The molecule has 3 N–H and O–H groups in total. The number of nitrogens with one attached hydrogen (secondary N) is 1. The highest BCUT2D eigenvalue weighted by atomic mass is 15.2. The lowest BCUT2D eigenvalue weighted by molar-refractivity contribution is 0.147. The Labute approximate surface area is 87.2 Å². The second-order valence-electron chi connectivity index (χ2n) is 4.51. The average Bonchev–Trinajstić information content (AvgIpc) is 2.45. The molecule has 0 aliphatic carbocycles. The van der Waals surface area contributed by atoms with Crippen LogP contribution in [0.4, 0.5) is 0 Å². The number of amidine groups is 1. The molecule has 1 saturated heterocycles. The van der Waals surface area contributed by atoms with E-state index in [9.17, 15) is 0 Å². The van der Waals surface area contributed by atoms with Gasteiger partial charge in [0.1, 0.15) is 0 Å². The first kappa shape index (κ1) is 11.5. The van der Waals surface area contributed by atoms with Gasteiger partial charge in [0.15, 0.2) is 0 Å². The van der Waals surface area contributed by atoms with Crippen LogP contribution in [-0.4, -0.2) is 28.9 Å². The Morgan fingerprint density at radius 3 is 2.71 bits per heavy atom. The first-order chi connectivity index (χ1) is 6.56. The van der Waals surface area contributed by atoms with Gasteiger partial charge in [-0.3, -0.25) is 10.3 Å². The van der Waals surface area contributed by atoms with Gasteiger partial charge < -0.3 is 5.73 Å². The van der Waals surface area contributed by atoms with Gasteiger partial charge >= 0.3 is 0 Å². The first-order valence-corrected chi connectivity index (χ1v) is 5.66. The van der Waals surface area contributed by atoms with Crippen molar-refractivity contribution in [2.45, 2.75) is 64.6 Å². The molecule has 1 heterocycles. The van der Waals surface area contributed by atoms with Crippen molar-refractivity contribution in [2.75, 3.05) is 0 Å². The Bertz CT molecular complexity index is 203. The number of nitrogens with zero attached hydrogens (tertiary/aromatic N) is 1. The van der Waals surface area contributed by atoms with Crippen molar-refractivity contribution in [1.29, 1.82) is 5.41 Å². The van der Waals surface area contributed by atoms with Gasteiger partial charge in [0.2, 0.25) is 0 Å². The topological polar surface area (TPSA) is 53.1 Å². The van der Waals surface area contributed by atoms with Gasteiger partial charge in [0.05, 0.1) is 5.84 Å². The van der Waals surface area contributed by atoms with Gasteiger partial charge in [0, 0.05) is 24.5 Å². The Morgan fingerprint density at radius 1 is 1.57 bits per heavy atom. The van der Waals surface area contributed by atoms with Crippen molar-refractivity contribution in [3.8, 4) is 0 Å². The summed E-state index contributed by atoms with van der Waals surface area (Å²) in [6, 6.07) is 1.79. The molecule has 0 bridgehead atoms. The van der Waals surface area contributed by atoms with Gasteiger partial charge in [0.25, 0.3) is 0 Å². The van der Waals surface area contributed by atoms with Crippen LogP contribution in [0.2, 0.25) is 0 Å². The summed E-state index contributed by atoms with van der Waals surface area (Å²) in [5.74, 6) is 0.312. The first-order valence-electron chi connectivity index (χ1n) is 5.66. The van der Waals surface area contributed by atoms with Crippen LogP contribution in [0.25, 0.3) is 0 Å². The molecule has 0 saturated carbocycles. The molecule has 3 atom stereocenters. The Hall–Kier alpha value is -0.570. The zero-order chi connectivity index (χ0) is 10.7. The van der Waals surface area contributed by atoms with Crippen LogP contribution in [0.5, 0.6) is 0 Å². The molecular formula is C11H23N3. The van der Waals surface area contributed by atoms with Crippen molar-refractivity contribution in [1.82, 2.24) is 4.90 Å². The van der Waals surface area contributed by atoms with E-state index >= 15 is 0 Å². The lowest BCUT2D eigenvalue weighted by Gasteiger charge is -2.33. The van der Waals surface area contributed by atoms with E-state index in [0.29, 0.717) is 30.4 Å². The molecule has 82 valence electrons. The van der Waals surface area contributed by atoms with Crippen LogP contribution >= 0.6 is 0 Å².